The molecule has 0 aliphatic carbocycles. The molecule has 11 nitrogen and oxygen atoms in total. The van der Waals surface area contributed by atoms with Gasteiger partial charge >= 0.3 is 17.2 Å². The van der Waals surface area contributed by atoms with Crippen LogP contribution in [0.1, 0.15) is 28.4 Å². The van der Waals surface area contributed by atoms with Crippen molar-refractivity contribution in [2.75, 3.05) is 18.4 Å². The molecule has 35 heavy (non-hydrogen) atoms. The molecule has 0 saturated heterocycles. The Morgan fingerprint density at radius 3 is 2.66 bits per heavy atom. The fraction of sp³-hybridized carbons (Fsp3) is 0.304. The number of carbonyl (C=O) groups is 1. The summed E-state index contributed by atoms with van der Waals surface area (Å²) < 4.78 is 21.0. The number of rotatable bonds is 11. The predicted molar refractivity (Wildman–Crippen MR) is 127 cm³/mol. The molecule has 0 bridgehead atoms. The van der Waals surface area contributed by atoms with E-state index < -0.39 is 29.1 Å². The van der Waals surface area contributed by atoms with Crippen molar-refractivity contribution in [3.05, 3.63) is 58.9 Å². The average molecular weight is 500 g/mol. The van der Waals surface area contributed by atoms with Crippen molar-refractivity contribution in [3.63, 3.8) is 0 Å². The Balaban J connectivity index is 1.82. The van der Waals surface area contributed by atoms with Crippen LogP contribution in [0.4, 0.5) is 5.69 Å². The zero-order valence-electron chi connectivity index (χ0n) is 19.6. The summed E-state index contributed by atoms with van der Waals surface area (Å²) in [5.74, 6) is -2.92. The number of H-pyrrole nitrogens is 1. The van der Waals surface area contributed by atoms with E-state index in [1.54, 1.807) is 24.3 Å². The third-order valence-electron chi connectivity index (χ3n) is 5.20. The zero-order chi connectivity index (χ0) is 25.5. The van der Waals surface area contributed by atoms with E-state index >= 15 is 0 Å². The van der Waals surface area contributed by atoms with Gasteiger partial charge in [-0.3, -0.25) is 14.6 Å². The van der Waals surface area contributed by atoms with Crippen molar-refractivity contribution < 1.29 is 28.1 Å². The Hall–Kier alpha value is -3.79. The fourth-order valence-electron chi connectivity index (χ4n) is 3.23. The molecule has 3 atom stereocenters. The molecule has 2 aromatic carbocycles. The maximum atomic E-state index is 12.6. The van der Waals surface area contributed by atoms with Gasteiger partial charge in [0.05, 0.1) is 31.4 Å². The summed E-state index contributed by atoms with van der Waals surface area (Å²) in [6, 6.07) is 12.7. The van der Waals surface area contributed by atoms with Crippen LogP contribution in [0.15, 0.2) is 36.4 Å². The van der Waals surface area contributed by atoms with Gasteiger partial charge in [-0.2, -0.15) is 14.6 Å². The summed E-state index contributed by atoms with van der Waals surface area (Å²) in [4.78, 5) is 25.4. The van der Waals surface area contributed by atoms with E-state index in [4.69, 9.17) is 9.07 Å². The van der Waals surface area contributed by atoms with Crippen molar-refractivity contribution in [2.45, 2.75) is 26.7 Å². The molecule has 3 rings (SSSR count). The SMILES string of the molecule is COOCC(C#N)C(C(=O)O)c1nc(-c2ccc(C)c(NS(=O)Oc3cc(C)ccc3C)c2)n[nH]1. The highest BCUT2D eigenvalue weighted by Crippen LogP contribution is 2.28. The predicted octanol–water partition coefficient (Wildman–Crippen LogP) is 3.35. The lowest BCUT2D eigenvalue weighted by Crippen LogP contribution is -2.25. The molecule has 0 amide bonds. The van der Waals surface area contributed by atoms with E-state index in [9.17, 15) is 19.4 Å². The minimum atomic E-state index is -1.87. The molecule has 0 radical (unpaired) electrons. The third-order valence-corrected chi connectivity index (χ3v) is 5.91. The number of hydrogen-bond donors (Lipinski definition) is 3. The number of anilines is 1. The highest BCUT2D eigenvalue weighted by atomic mass is 32.2. The van der Waals surface area contributed by atoms with Gasteiger partial charge in [0.1, 0.15) is 17.5 Å². The van der Waals surface area contributed by atoms with Gasteiger partial charge in [0.15, 0.2) is 5.82 Å². The average Bonchev–Trinajstić information content (AvgIpc) is 3.29. The van der Waals surface area contributed by atoms with E-state index in [-0.39, 0.29) is 18.3 Å². The number of benzene rings is 2. The van der Waals surface area contributed by atoms with Crippen LogP contribution in [0.2, 0.25) is 0 Å². The molecule has 0 fully saturated rings. The number of aryl methyl sites for hydroxylation is 3. The topological polar surface area (TPSA) is 159 Å². The van der Waals surface area contributed by atoms with Crippen LogP contribution in [-0.2, 0) is 25.8 Å². The Morgan fingerprint density at radius 1 is 1.23 bits per heavy atom. The zero-order valence-corrected chi connectivity index (χ0v) is 20.4. The molecule has 1 aromatic heterocycles. The lowest BCUT2D eigenvalue weighted by atomic mass is 9.93. The Labute approximate surface area is 204 Å². The summed E-state index contributed by atoms with van der Waals surface area (Å²) in [6.45, 7) is 5.35. The number of aromatic amines is 1. The summed E-state index contributed by atoms with van der Waals surface area (Å²) in [6.07, 6.45) is 0. The maximum Gasteiger partial charge on any atom is 0.316 e. The van der Waals surface area contributed by atoms with Crippen LogP contribution < -0.4 is 8.91 Å². The van der Waals surface area contributed by atoms with Crippen LogP contribution in [0.5, 0.6) is 5.75 Å². The normalized spacial score (nSPS) is 13.5. The molecule has 0 aliphatic rings. The first-order chi connectivity index (χ1) is 16.7. The second kappa shape index (κ2) is 11.6. The van der Waals surface area contributed by atoms with Gasteiger partial charge < -0.3 is 9.29 Å². The molecule has 0 spiro atoms. The van der Waals surface area contributed by atoms with Crippen LogP contribution >= 0.6 is 0 Å². The third kappa shape index (κ3) is 6.42. The monoisotopic (exact) mass is 499 g/mol. The molecule has 184 valence electrons. The molecular formula is C23H25N5O6S. The Kier molecular flexibility index (Phi) is 8.53. The standard InChI is InChI=1S/C23H25N5O6S/c1-13-5-6-15(3)19(9-13)34-35(31)28-18-10-16(8-7-14(18)2)21-25-22(27-26-21)20(23(29)30)17(11-24)12-33-32-4/h5-10,17,20,28H,12H2,1-4H3,(H,29,30)(H,25,26,27). The molecule has 0 aliphatic heterocycles. The first kappa shape index (κ1) is 25.8. The highest BCUT2D eigenvalue weighted by Gasteiger charge is 2.34. The van der Waals surface area contributed by atoms with Crippen molar-refractivity contribution in [2.24, 2.45) is 5.92 Å². The van der Waals surface area contributed by atoms with E-state index in [1.807, 2.05) is 39.0 Å². The number of nitrogens with one attached hydrogen (secondary N) is 2. The van der Waals surface area contributed by atoms with E-state index in [0.29, 0.717) is 17.0 Å². The second-order valence-electron chi connectivity index (χ2n) is 7.77. The van der Waals surface area contributed by atoms with Crippen molar-refractivity contribution >= 4 is 22.9 Å². The number of nitriles is 1. The first-order valence-electron chi connectivity index (χ1n) is 10.5. The highest BCUT2D eigenvalue weighted by molar-refractivity contribution is 7.82. The Bertz CT molecular complexity index is 1270. The molecule has 3 aromatic rings. The summed E-state index contributed by atoms with van der Waals surface area (Å²) in [5.41, 5.74) is 3.69. The molecular weight excluding hydrogens is 474 g/mol. The smallest absolute Gasteiger partial charge is 0.316 e. The molecule has 3 unspecified atom stereocenters. The van der Waals surface area contributed by atoms with Crippen LogP contribution in [0.3, 0.4) is 0 Å². The fourth-order valence-corrected chi connectivity index (χ4v) is 4.02. The number of nitrogens with zero attached hydrogens (tertiary/aromatic N) is 3. The van der Waals surface area contributed by atoms with E-state index in [1.165, 1.54) is 7.11 Å². The van der Waals surface area contributed by atoms with Gasteiger partial charge in [0, 0.05) is 5.56 Å². The minimum absolute atomic E-state index is 0.00401. The molecule has 3 N–H and O–H groups in total. The number of aromatic nitrogens is 3. The lowest BCUT2D eigenvalue weighted by molar-refractivity contribution is -0.277. The second-order valence-corrected chi connectivity index (χ2v) is 8.61. The summed E-state index contributed by atoms with van der Waals surface area (Å²) >= 11 is -1.87. The lowest BCUT2D eigenvalue weighted by Gasteiger charge is -2.14. The van der Waals surface area contributed by atoms with Crippen LogP contribution in [0, 0.1) is 38.0 Å². The summed E-state index contributed by atoms with van der Waals surface area (Å²) in [5, 5.41) is 25.7. The summed E-state index contributed by atoms with van der Waals surface area (Å²) in [7, 11) is 1.26. The van der Waals surface area contributed by atoms with Crippen molar-refractivity contribution in [1.82, 2.24) is 15.2 Å². The number of carboxylic acid groups (broad SMARTS) is 1. The van der Waals surface area contributed by atoms with Gasteiger partial charge in [-0.15, -0.1) is 0 Å². The van der Waals surface area contributed by atoms with E-state index in [2.05, 4.69) is 24.8 Å². The first-order valence-corrected chi connectivity index (χ1v) is 11.6. The molecule has 0 saturated carbocycles. The minimum Gasteiger partial charge on any atom is -0.481 e. The molecule has 12 heteroatoms. The van der Waals surface area contributed by atoms with Gasteiger partial charge in [0.25, 0.3) is 0 Å². The van der Waals surface area contributed by atoms with Crippen molar-refractivity contribution in [1.29, 1.82) is 5.26 Å². The number of hydrogen-bond acceptors (Lipinski definition) is 8. The van der Waals surface area contributed by atoms with Crippen LogP contribution in [-0.4, -0.2) is 44.2 Å². The van der Waals surface area contributed by atoms with Gasteiger partial charge in [0.2, 0.25) is 0 Å². The largest absolute Gasteiger partial charge is 0.481 e. The Morgan fingerprint density at radius 2 is 1.97 bits per heavy atom. The number of aliphatic carboxylic acids is 1. The number of carboxylic acids is 1. The van der Waals surface area contributed by atoms with E-state index in [0.717, 1.165) is 16.7 Å². The quantitative estimate of drug-likeness (QED) is 0.265. The maximum absolute atomic E-state index is 12.6. The van der Waals surface area contributed by atoms with Gasteiger partial charge in [-0.05, 0) is 49.6 Å². The van der Waals surface area contributed by atoms with Crippen LogP contribution in [0.25, 0.3) is 11.4 Å². The van der Waals surface area contributed by atoms with Gasteiger partial charge in [-0.25, -0.2) is 14.8 Å². The van der Waals surface area contributed by atoms with Crippen molar-refractivity contribution in [3.8, 4) is 23.2 Å². The van der Waals surface area contributed by atoms with Gasteiger partial charge in [-0.1, -0.05) is 24.3 Å². The molecule has 1 heterocycles.